The van der Waals surface area contributed by atoms with Gasteiger partial charge in [-0.05, 0) is 50.7 Å². The van der Waals surface area contributed by atoms with Gasteiger partial charge in [-0.25, -0.2) is 4.79 Å². The number of anilines is 1. The van der Waals surface area contributed by atoms with Gasteiger partial charge in [0.2, 0.25) is 0 Å². The maximum absolute atomic E-state index is 11.4. The van der Waals surface area contributed by atoms with Gasteiger partial charge >= 0.3 is 5.63 Å². The van der Waals surface area contributed by atoms with Gasteiger partial charge in [0.15, 0.2) is 5.11 Å². The first-order chi connectivity index (χ1) is 9.55. The summed E-state index contributed by atoms with van der Waals surface area (Å²) in [7, 11) is 0. The molecule has 0 aliphatic heterocycles. The van der Waals surface area contributed by atoms with Crippen molar-refractivity contribution in [3.8, 4) is 0 Å². The molecule has 0 aliphatic carbocycles. The number of aryl methyl sites for hydroxylation is 1. The van der Waals surface area contributed by atoms with Crippen LogP contribution in [0.3, 0.4) is 0 Å². The average molecular weight is 290 g/mol. The molecule has 0 saturated carbocycles. The summed E-state index contributed by atoms with van der Waals surface area (Å²) in [6, 6.07) is 7.17. The maximum atomic E-state index is 11.4. The third-order valence-electron chi connectivity index (χ3n) is 3.25. The van der Waals surface area contributed by atoms with Gasteiger partial charge in [-0.15, -0.1) is 0 Å². The van der Waals surface area contributed by atoms with Gasteiger partial charge in [-0.2, -0.15) is 0 Å². The number of hydrogen-bond donors (Lipinski definition) is 1. The number of hydrogen-bond acceptors (Lipinski definition) is 3. The summed E-state index contributed by atoms with van der Waals surface area (Å²) < 4.78 is 5.23. The number of nitrogens with one attached hydrogen (secondary N) is 1. The Morgan fingerprint density at radius 1 is 1.30 bits per heavy atom. The van der Waals surface area contributed by atoms with Gasteiger partial charge in [0.1, 0.15) is 5.58 Å². The Labute approximate surface area is 123 Å². The van der Waals surface area contributed by atoms with E-state index in [2.05, 4.69) is 19.2 Å². The molecule has 106 valence electrons. The number of thiocarbonyl (C=S) groups is 1. The number of rotatable bonds is 3. The molecule has 0 amide bonds. The summed E-state index contributed by atoms with van der Waals surface area (Å²) >= 11 is 5.35. The molecule has 20 heavy (non-hydrogen) atoms. The summed E-state index contributed by atoms with van der Waals surface area (Å²) in [6.45, 7) is 7.71. The smallest absolute Gasteiger partial charge is 0.336 e. The number of nitrogens with zero attached hydrogens (tertiary/aromatic N) is 1. The molecule has 0 bridgehead atoms. The second-order valence-electron chi connectivity index (χ2n) is 4.56. The van der Waals surface area contributed by atoms with E-state index in [1.54, 1.807) is 6.07 Å². The van der Waals surface area contributed by atoms with Crippen molar-refractivity contribution in [1.29, 1.82) is 0 Å². The molecule has 4 nitrogen and oxygen atoms in total. The minimum absolute atomic E-state index is 0.335. The lowest BCUT2D eigenvalue weighted by Gasteiger charge is -2.22. The lowest BCUT2D eigenvalue weighted by Crippen LogP contribution is -2.34. The first-order valence-electron chi connectivity index (χ1n) is 6.65. The van der Waals surface area contributed by atoms with Crippen LogP contribution in [0.5, 0.6) is 0 Å². The Morgan fingerprint density at radius 3 is 2.65 bits per heavy atom. The fourth-order valence-corrected chi connectivity index (χ4v) is 2.49. The van der Waals surface area contributed by atoms with E-state index in [9.17, 15) is 4.79 Å². The molecular weight excluding hydrogens is 272 g/mol. The van der Waals surface area contributed by atoms with Gasteiger partial charge in [-0.3, -0.25) is 0 Å². The van der Waals surface area contributed by atoms with Crippen LogP contribution >= 0.6 is 12.2 Å². The Hall–Kier alpha value is -1.88. The van der Waals surface area contributed by atoms with Crippen LogP contribution < -0.4 is 10.9 Å². The molecule has 1 N–H and O–H groups in total. The largest absolute Gasteiger partial charge is 0.423 e. The molecule has 1 heterocycles. The van der Waals surface area contributed by atoms with Crippen molar-refractivity contribution in [3.05, 3.63) is 40.2 Å². The quantitative estimate of drug-likeness (QED) is 0.695. The molecule has 0 spiro atoms. The highest BCUT2D eigenvalue weighted by molar-refractivity contribution is 7.80. The van der Waals surface area contributed by atoms with E-state index in [-0.39, 0.29) is 5.63 Å². The van der Waals surface area contributed by atoms with E-state index in [0.29, 0.717) is 10.7 Å². The van der Waals surface area contributed by atoms with Crippen LogP contribution in [0, 0.1) is 6.92 Å². The van der Waals surface area contributed by atoms with Crippen LogP contribution in [0.15, 0.2) is 33.5 Å². The Kier molecular flexibility index (Phi) is 4.39. The monoisotopic (exact) mass is 290 g/mol. The molecule has 2 aromatic rings. The summed E-state index contributed by atoms with van der Waals surface area (Å²) in [5, 5.41) is 4.78. The molecule has 5 heteroatoms. The van der Waals surface area contributed by atoms with Crippen LogP contribution in [0.2, 0.25) is 0 Å². The lowest BCUT2D eigenvalue weighted by molar-refractivity contribution is 0.473. The minimum atomic E-state index is -0.335. The van der Waals surface area contributed by atoms with Crippen molar-refractivity contribution >= 4 is 34.0 Å². The van der Waals surface area contributed by atoms with Gasteiger partial charge in [0, 0.05) is 36.3 Å². The van der Waals surface area contributed by atoms with Crippen LogP contribution in [0.1, 0.15) is 19.4 Å². The molecule has 1 aromatic carbocycles. The van der Waals surface area contributed by atoms with Gasteiger partial charge in [0.25, 0.3) is 0 Å². The fraction of sp³-hybridized carbons (Fsp3) is 0.333. The highest BCUT2D eigenvalue weighted by atomic mass is 32.1. The zero-order valence-corrected chi connectivity index (χ0v) is 12.7. The number of fused-ring (bicyclic) bond motifs is 1. The molecule has 0 atom stereocenters. The molecule has 2 rings (SSSR count). The highest BCUT2D eigenvalue weighted by Gasteiger charge is 2.07. The molecule has 0 fully saturated rings. The summed E-state index contributed by atoms with van der Waals surface area (Å²) in [6.07, 6.45) is 0. The second kappa shape index (κ2) is 6.05. The van der Waals surface area contributed by atoms with Gasteiger partial charge in [0.05, 0.1) is 0 Å². The van der Waals surface area contributed by atoms with E-state index < -0.39 is 0 Å². The van der Waals surface area contributed by atoms with Crippen LogP contribution in [-0.4, -0.2) is 23.1 Å². The first-order valence-corrected chi connectivity index (χ1v) is 7.06. The minimum Gasteiger partial charge on any atom is -0.423 e. The predicted molar refractivity (Wildman–Crippen MR) is 86.4 cm³/mol. The van der Waals surface area contributed by atoms with Crippen molar-refractivity contribution in [2.75, 3.05) is 18.4 Å². The van der Waals surface area contributed by atoms with E-state index in [1.165, 1.54) is 6.07 Å². The van der Waals surface area contributed by atoms with Crippen LogP contribution in [0.25, 0.3) is 11.0 Å². The molecule has 0 unspecified atom stereocenters. The van der Waals surface area contributed by atoms with Crippen molar-refractivity contribution in [2.24, 2.45) is 0 Å². The number of benzene rings is 1. The SMILES string of the molecule is CCN(CC)C(=S)Nc1ccc2c(C)cc(=O)oc2c1. The second-order valence-corrected chi connectivity index (χ2v) is 4.95. The molecule has 0 radical (unpaired) electrons. The Bertz CT molecular complexity index is 690. The standard InChI is InChI=1S/C15H18N2O2S/c1-4-17(5-2)15(20)16-11-6-7-12-10(3)8-14(18)19-13(12)9-11/h6-9H,4-5H2,1-3H3,(H,16,20). The summed E-state index contributed by atoms with van der Waals surface area (Å²) in [5.74, 6) is 0. The Morgan fingerprint density at radius 2 is 2.00 bits per heavy atom. The summed E-state index contributed by atoms with van der Waals surface area (Å²) in [4.78, 5) is 13.5. The molecule has 0 aliphatic rings. The molecule has 1 aromatic heterocycles. The predicted octanol–water partition coefficient (Wildman–Crippen LogP) is 3.14. The van der Waals surface area contributed by atoms with E-state index in [0.717, 1.165) is 29.7 Å². The third kappa shape index (κ3) is 2.99. The van der Waals surface area contributed by atoms with Crippen LogP contribution in [0.4, 0.5) is 5.69 Å². The van der Waals surface area contributed by atoms with Gasteiger partial charge in [-0.1, -0.05) is 0 Å². The lowest BCUT2D eigenvalue weighted by atomic mass is 10.1. The van der Waals surface area contributed by atoms with E-state index in [1.807, 2.05) is 24.0 Å². The topological polar surface area (TPSA) is 45.5 Å². The summed E-state index contributed by atoms with van der Waals surface area (Å²) in [5.41, 5.74) is 1.97. The third-order valence-corrected chi connectivity index (χ3v) is 3.61. The highest BCUT2D eigenvalue weighted by Crippen LogP contribution is 2.20. The van der Waals surface area contributed by atoms with Crippen molar-refractivity contribution < 1.29 is 4.42 Å². The zero-order chi connectivity index (χ0) is 14.7. The molecule has 0 saturated heterocycles. The molecular formula is C15H18N2O2S. The fourth-order valence-electron chi connectivity index (χ4n) is 2.12. The van der Waals surface area contributed by atoms with Crippen molar-refractivity contribution in [3.63, 3.8) is 0 Å². The van der Waals surface area contributed by atoms with E-state index >= 15 is 0 Å². The van der Waals surface area contributed by atoms with Gasteiger partial charge < -0.3 is 14.6 Å². The normalized spacial score (nSPS) is 10.6. The van der Waals surface area contributed by atoms with Crippen LogP contribution in [-0.2, 0) is 0 Å². The first kappa shape index (κ1) is 14.5. The zero-order valence-electron chi connectivity index (χ0n) is 11.9. The Balaban J connectivity index is 2.33. The van der Waals surface area contributed by atoms with E-state index in [4.69, 9.17) is 16.6 Å². The van der Waals surface area contributed by atoms with Crippen molar-refractivity contribution in [1.82, 2.24) is 4.90 Å². The van der Waals surface area contributed by atoms with Crippen molar-refractivity contribution in [2.45, 2.75) is 20.8 Å². The maximum Gasteiger partial charge on any atom is 0.336 e. The average Bonchev–Trinajstić information content (AvgIpc) is 2.39.